The second-order valence-corrected chi connectivity index (χ2v) is 10.5. The highest BCUT2D eigenvalue weighted by molar-refractivity contribution is 5.71. The third-order valence-electron chi connectivity index (χ3n) is 3.16. The normalized spacial score (nSPS) is 13.4. The van der Waals surface area contributed by atoms with Crippen molar-refractivity contribution in [3.63, 3.8) is 0 Å². The van der Waals surface area contributed by atoms with Crippen molar-refractivity contribution >= 4 is 18.1 Å². The minimum Gasteiger partial charge on any atom is -0.460 e. The number of esters is 2. The highest BCUT2D eigenvalue weighted by Crippen LogP contribution is 2.15. The van der Waals surface area contributed by atoms with Gasteiger partial charge in [-0.2, -0.15) is 0 Å². The van der Waals surface area contributed by atoms with Crippen LogP contribution < -0.4 is 0 Å². The summed E-state index contributed by atoms with van der Waals surface area (Å²) in [6, 6.07) is 0. The first-order valence-electron chi connectivity index (χ1n) is 11.0. The molecule has 192 valence electrons. The maximum atomic E-state index is 11.7. The number of aliphatic hydroxyl groups excluding tert-OH is 1. The third-order valence-corrected chi connectivity index (χ3v) is 3.16. The number of hydrogen-bond donors (Lipinski definition) is 1. The topological polar surface area (TPSA) is 108 Å². The Morgan fingerprint density at radius 3 is 1.48 bits per heavy atom. The van der Waals surface area contributed by atoms with Gasteiger partial charge in [-0.15, -0.1) is 13.2 Å². The Labute approximate surface area is 199 Å². The molecular weight excluding hydrogens is 428 g/mol. The third kappa shape index (κ3) is 24.1. The fourth-order valence-electron chi connectivity index (χ4n) is 2.19. The van der Waals surface area contributed by atoms with Crippen LogP contribution in [-0.2, 0) is 28.5 Å². The van der Waals surface area contributed by atoms with Crippen LogP contribution in [0, 0.1) is 0 Å². The summed E-state index contributed by atoms with van der Waals surface area (Å²) in [6.07, 6.45) is 1.84. The van der Waals surface area contributed by atoms with E-state index in [1.54, 1.807) is 74.5 Å². The quantitative estimate of drug-likeness (QED) is 0.275. The molecule has 0 unspecified atom stereocenters. The Hall–Kier alpha value is -2.35. The molecule has 33 heavy (non-hydrogen) atoms. The van der Waals surface area contributed by atoms with Crippen LogP contribution in [-0.4, -0.2) is 52.2 Å². The summed E-state index contributed by atoms with van der Waals surface area (Å²) in [5, 5.41) is 9.24. The fraction of sp³-hybridized carbons (Fsp3) is 0.720. The van der Waals surface area contributed by atoms with Gasteiger partial charge >= 0.3 is 18.1 Å². The Bertz CT molecular complexity index is 602. The van der Waals surface area contributed by atoms with Gasteiger partial charge in [0.25, 0.3) is 0 Å². The monoisotopic (exact) mass is 472 g/mol. The van der Waals surface area contributed by atoms with Crippen LogP contribution in [0.3, 0.4) is 0 Å². The molecule has 0 radical (unpaired) electrons. The van der Waals surface area contributed by atoms with Crippen LogP contribution in [0.1, 0.15) is 88.0 Å². The summed E-state index contributed by atoms with van der Waals surface area (Å²) in [6.45, 7) is 23.0. The van der Waals surface area contributed by atoms with Crippen molar-refractivity contribution in [1.82, 2.24) is 0 Å². The molecule has 8 heteroatoms. The lowest BCUT2D eigenvalue weighted by atomic mass is 10.1. The van der Waals surface area contributed by atoms with Crippen molar-refractivity contribution < 1.29 is 38.4 Å². The molecule has 1 N–H and O–H groups in total. The predicted molar refractivity (Wildman–Crippen MR) is 128 cm³/mol. The van der Waals surface area contributed by atoms with Gasteiger partial charge < -0.3 is 24.1 Å². The van der Waals surface area contributed by atoms with Gasteiger partial charge in [-0.05, 0) is 68.7 Å². The van der Waals surface area contributed by atoms with Crippen LogP contribution in [0.5, 0.6) is 0 Å². The first-order valence-corrected chi connectivity index (χ1v) is 11.0. The molecule has 2 atom stereocenters. The van der Waals surface area contributed by atoms with Crippen molar-refractivity contribution in [1.29, 1.82) is 0 Å². The van der Waals surface area contributed by atoms with E-state index in [1.165, 1.54) is 0 Å². The molecule has 0 aromatic carbocycles. The van der Waals surface area contributed by atoms with Gasteiger partial charge in [0.1, 0.15) is 22.9 Å². The average molecular weight is 473 g/mol. The van der Waals surface area contributed by atoms with Crippen LogP contribution in [0.25, 0.3) is 0 Å². The summed E-state index contributed by atoms with van der Waals surface area (Å²) >= 11 is 0. The number of carbonyl (C=O) groups is 3. The standard InChI is InChI=1S/C15H26O5.C10H18O3/c1-8-9-11(10-12(16)19-14(2,3)4)18-13(17)20-15(5,6)7;1-5-6-8(11)7-9(12)13-10(2,3)4/h8,11H,1,9-10H2,2-7H3;5,8,11H,1,6-7H2,2-4H3/t11-;8-/m11/s1. The zero-order valence-corrected chi connectivity index (χ0v) is 21.9. The largest absolute Gasteiger partial charge is 0.509 e. The number of ether oxygens (including phenoxy) is 4. The van der Waals surface area contributed by atoms with Crippen LogP contribution in [0.15, 0.2) is 25.3 Å². The maximum absolute atomic E-state index is 11.7. The van der Waals surface area contributed by atoms with E-state index < -0.39 is 41.1 Å². The minimum absolute atomic E-state index is 0.0253. The summed E-state index contributed by atoms with van der Waals surface area (Å²) in [7, 11) is 0. The highest BCUT2D eigenvalue weighted by Gasteiger charge is 2.25. The Kier molecular flexibility index (Phi) is 14.7. The molecule has 0 rings (SSSR count). The summed E-state index contributed by atoms with van der Waals surface area (Å²) in [5.74, 6) is -0.797. The number of rotatable bonds is 9. The smallest absolute Gasteiger partial charge is 0.460 e. The first-order chi connectivity index (χ1) is 14.8. The van der Waals surface area contributed by atoms with Gasteiger partial charge in [-0.1, -0.05) is 12.2 Å². The van der Waals surface area contributed by atoms with Crippen LogP contribution >= 0.6 is 0 Å². The second kappa shape index (κ2) is 14.7. The molecule has 8 nitrogen and oxygen atoms in total. The first kappa shape index (κ1) is 32.8. The molecule has 0 spiro atoms. The lowest BCUT2D eigenvalue weighted by Crippen LogP contribution is -2.31. The minimum atomic E-state index is -0.798. The van der Waals surface area contributed by atoms with E-state index in [0.717, 1.165) is 0 Å². The lowest BCUT2D eigenvalue weighted by Gasteiger charge is -2.23. The van der Waals surface area contributed by atoms with Gasteiger partial charge in [0, 0.05) is 6.42 Å². The summed E-state index contributed by atoms with van der Waals surface area (Å²) in [5.41, 5.74) is -1.69. The highest BCUT2D eigenvalue weighted by atomic mass is 16.7. The van der Waals surface area contributed by atoms with Gasteiger partial charge in [0.15, 0.2) is 0 Å². The average Bonchev–Trinajstić information content (AvgIpc) is 2.49. The zero-order chi connectivity index (χ0) is 26.5. The Morgan fingerprint density at radius 1 is 0.727 bits per heavy atom. The number of aliphatic hydroxyl groups is 1. The molecule has 0 saturated carbocycles. The molecule has 0 heterocycles. The molecule has 0 aromatic heterocycles. The fourth-order valence-corrected chi connectivity index (χ4v) is 2.19. The van der Waals surface area contributed by atoms with Crippen molar-refractivity contribution in [2.45, 2.75) is 117 Å². The second-order valence-electron chi connectivity index (χ2n) is 10.5. The summed E-state index contributed by atoms with van der Waals surface area (Å²) in [4.78, 5) is 34.4. The number of carbonyl (C=O) groups excluding carboxylic acids is 3. The maximum Gasteiger partial charge on any atom is 0.509 e. The summed E-state index contributed by atoms with van der Waals surface area (Å²) < 4.78 is 20.4. The van der Waals surface area contributed by atoms with Crippen LogP contribution in [0.4, 0.5) is 4.79 Å². The lowest BCUT2D eigenvalue weighted by molar-refractivity contribution is -0.158. The van der Waals surface area contributed by atoms with E-state index in [0.29, 0.717) is 12.8 Å². The Balaban J connectivity index is 0. The van der Waals surface area contributed by atoms with E-state index in [9.17, 15) is 19.5 Å². The van der Waals surface area contributed by atoms with Gasteiger partial charge in [0.2, 0.25) is 0 Å². The van der Waals surface area contributed by atoms with Gasteiger partial charge in [-0.25, -0.2) is 4.79 Å². The van der Waals surface area contributed by atoms with Crippen molar-refractivity contribution in [3.05, 3.63) is 25.3 Å². The SMILES string of the molecule is C=CC[C@@H](O)CC(=O)OC(C)(C)C.C=CC[C@H](CC(=O)OC(C)(C)C)OC(=O)OC(C)(C)C. The zero-order valence-electron chi connectivity index (χ0n) is 21.9. The number of hydrogen-bond acceptors (Lipinski definition) is 8. The van der Waals surface area contributed by atoms with Gasteiger partial charge in [0.05, 0.1) is 18.9 Å². The van der Waals surface area contributed by atoms with E-state index in [1.807, 2.05) is 0 Å². The molecule has 0 amide bonds. The predicted octanol–water partition coefficient (Wildman–Crippen LogP) is 5.27. The van der Waals surface area contributed by atoms with Crippen molar-refractivity contribution in [3.8, 4) is 0 Å². The van der Waals surface area contributed by atoms with Crippen molar-refractivity contribution in [2.75, 3.05) is 0 Å². The molecule has 0 aliphatic carbocycles. The molecular formula is C25H44O8. The molecule has 0 bridgehead atoms. The molecule has 0 aliphatic rings. The van der Waals surface area contributed by atoms with Crippen molar-refractivity contribution in [2.24, 2.45) is 0 Å². The molecule has 0 fully saturated rings. The van der Waals surface area contributed by atoms with E-state index in [2.05, 4.69) is 13.2 Å². The van der Waals surface area contributed by atoms with E-state index >= 15 is 0 Å². The Morgan fingerprint density at radius 2 is 1.12 bits per heavy atom. The molecule has 0 aromatic rings. The van der Waals surface area contributed by atoms with E-state index in [4.69, 9.17) is 18.9 Å². The van der Waals surface area contributed by atoms with Crippen LogP contribution in [0.2, 0.25) is 0 Å². The molecule has 0 saturated heterocycles. The van der Waals surface area contributed by atoms with Gasteiger partial charge in [-0.3, -0.25) is 9.59 Å². The molecule has 0 aliphatic heterocycles. The van der Waals surface area contributed by atoms with E-state index in [-0.39, 0.29) is 18.8 Å².